The topological polar surface area (TPSA) is 68.5 Å². The summed E-state index contributed by atoms with van der Waals surface area (Å²) in [4.78, 5) is 3.97. The van der Waals surface area contributed by atoms with E-state index < -0.39 is 6.10 Å². The van der Waals surface area contributed by atoms with Gasteiger partial charge in [0.2, 0.25) is 0 Å². The Morgan fingerprint density at radius 2 is 2.05 bits per heavy atom. The third kappa shape index (κ3) is 5.45. The molecule has 0 amide bonds. The van der Waals surface area contributed by atoms with Gasteiger partial charge in [-0.25, -0.2) is 4.98 Å². The molecule has 0 radical (unpaired) electrons. The summed E-state index contributed by atoms with van der Waals surface area (Å²) in [6, 6.07) is 7.28. The summed E-state index contributed by atoms with van der Waals surface area (Å²) < 4.78 is 12.6. The molecule has 2 aromatic rings. The summed E-state index contributed by atoms with van der Waals surface area (Å²) in [6.07, 6.45) is 4.88. The van der Waals surface area contributed by atoms with Crippen molar-refractivity contribution in [2.45, 2.75) is 12.6 Å². The first kappa shape index (κ1) is 15.3. The van der Waals surface area contributed by atoms with Gasteiger partial charge in [0.1, 0.15) is 24.2 Å². The first-order valence-electron chi connectivity index (χ1n) is 6.89. The fourth-order valence-corrected chi connectivity index (χ4v) is 1.82. The van der Waals surface area contributed by atoms with Crippen LogP contribution in [0.3, 0.4) is 0 Å². The quantitative estimate of drug-likeness (QED) is 0.673. The lowest BCUT2D eigenvalue weighted by Crippen LogP contribution is -2.33. The number of nitrogens with zero attached hydrogens (tertiary/aromatic N) is 2. The molecule has 1 atom stereocenters. The number of imidazole rings is 1. The van der Waals surface area contributed by atoms with Crippen molar-refractivity contribution in [3.8, 4) is 11.5 Å². The fourth-order valence-electron chi connectivity index (χ4n) is 1.82. The van der Waals surface area contributed by atoms with Crippen molar-refractivity contribution in [3.05, 3.63) is 43.0 Å². The minimum atomic E-state index is -0.546. The summed E-state index contributed by atoms with van der Waals surface area (Å²) >= 11 is 0. The van der Waals surface area contributed by atoms with Gasteiger partial charge in [-0.1, -0.05) is 0 Å². The zero-order valence-corrected chi connectivity index (χ0v) is 12.1. The predicted octanol–water partition coefficient (Wildman–Crippen LogP) is 0.921. The fraction of sp³-hybridized carbons (Fsp3) is 0.400. The number of rotatable bonds is 9. The molecule has 0 bridgehead atoms. The van der Waals surface area contributed by atoms with E-state index >= 15 is 0 Å². The Labute approximate surface area is 124 Å². The van der Waals surface area contributed by atoms with Crippen LogP contribution in [0, 0.1) is 0 Å². The molecule has 114 valence electrons. The number of hydrogen-bond donors (Lipinski definition) is 2. The smallest absolute Gasteiger partial charge is 0.119 e. The highest BCUT2D eigenvalue weighted by Crippen LogP contribution is 2.16. The number of nitrogens with one attached hydrogen (secondary N) is 1. The normalized spacial score (nSPS) is 12.1. The molecule has 0 saturated heterocycles. The predicted molar refractivity (Wildman–Crippen MR) is 79.6 cm³/mol. The molecule has 1 aromatic carbocycles. The summed E-state index contributed by atoms with van der Waals surface area (Å²) in [5.74, 6) is 1.50. The molecule has 6 nitrogen and oxygen atoms in total. The van der Waals surface area contributed by atoms with Crippen LogP contribution < -0.4 is 14.8 Å². The zero-order valence-electron chi connectivity index (χ0n) is 12.1. The van der Waals surface area contributed by atoms with Gasteiger partial charge in [-0.3, -0.25) is 0 Å². The Bertz CT molecular complexity index is 499. The number of methoxy groups -OCH3 is 1. The lowest BCUT2D eigenvalue weighted by Gasteiger charge is -2.13. The molecule has 0 saturated carbocycles. The Hall–Kier alpha value is -2.05. The maximum Gasteiger partial charge on any atom is 0.119 e. The molecule has 1 heterocycles. The van der Waals surface area contributed by atoms with E-state index in [4.69, 9.17) is 9.47 Å². The Balaban J connectivity index is 1.59. The van der Waals surface area contributed by atoms with Crippen molar-refractivity contribution in [2.24, 2.45) is 0 Å². The standard InChI is InChI=1S/C15H21N3O3/c1-20-14-2-4-15(5-3-14)21-11-13(19)10-16-6-8-18-9-7-17-12-18/h2-5,7,9,12-13,16,19H,6,8,10-11H2,1H3. The van der Waals surface area contributed by atoms with E-state index in [1.807, 2.05) is 35.0 Å². The van der Waals surface area contributed by atoms with Gasteiger partial charge in [-0.05, 0) is 24.3 Å². The highest BCUT2D eigenvalue weighted by atomic mass is 16.5. The largest absolute Gasteiger partial charge is 0.497 e. The zero-order chi connectivity index (χ0) is 14.9. The number of aromatic nitrogens is 2. The van der Waals surface area contributed by atoms with E-state index in [1.165, 1.54) is 0 Å². The van der Waals surface area contributed by atoms with Gasteiger partial charge in [-0.2, -0.15) is 0 Å². The van der Waals surface area contributed by atoms with Gasteiger partial charge in [0, 0.05) is 32.0 Å². The molecule has 21 heavy (non-hydrogen) atoms. The average Bonchev–Trinajstić information content (AvgIpc) is 3.03. The van der Waals surface area contributed by atoms with Crippen molar-refractivity contribution < 1.29 is 14.6 Å². The van der Waals surface area contributed by atoms with E-state index in [-0.39, 0.29) is 6.61 Å². The van der Waals surface area contributed by atoms with Crippen molar-refractivity contribution in [3.63, 3.8) is 0 Å². The van der Waals surface area contributed by atoms with Crippen LogP contribution in [-0.4, -0.2) is 47.6 Å². The first-order valence-corrected chi connectivity index (χ1v) is 6.89. The third-order valence-electron chi connectivity index (χ3n) is 2.99. The molecule has 6 heteroatoms. The second-order valence-corrected chi connectivity index (χ2v) is 4.64. The van der Waals surface area contributed by atoms with Crippen LogP contribution in [0.5, 0.6) is 11.5 Å². The van der Waals surface area contributed by atoms with E-state index in [2.05, 4.69) is 10.3 Å². The van der Waals surface area contributed by atoms with Gasteiger partial charge < -0.3 is 24.5 Å². The van der Waals surface area contributed by atoms with Crippen LogP contribution >= 0.6 is 0 Å². The highest BCUT2D eigenvalue weighted by molar-refractivity contribution is 5.31. The number of benzene rings is 1. The number of hydrogen-bond acceptors (Lipinski definition) is 5. The minimum absolute atomic E-state index is 0.254. The van der Waals surface area contributed by atoms with Crippen LogP contribution in [-0.2, 0) is 6.54 Å². The second kappa shape index (κ2) is 8.28. The van der Waals surface area contributed by atoms with Crippen molar-refractivity contribution in [2.75, 3.05) is 26.8 Å². The van der Waals surface area contributed by atoms with Crippen molar-refractivity contribution >= 4 is 0 Å². The molecule has 1 unspecified atom stereocenters. The molecular formula is C15H21N3O3. The molecule has 0 spiro atoms. The summed E-state index contributed by atoms with van der Waals surface area (Å²) in [6.45, 7) is 2.34. The lowest BCUT2D eigenvalue weighted by molar-refractivity contribution is 0.106. The Morgan fingerprint density at radius 3 is 2.71 bits per heavy atom. The van der Waals surface area contributed by atoms with E-state index in [9.17, 15) is 5.11 Å². The molecule has 1 aromatic heterocycles. The number of ether oxygens (including phenoxy) is 2. The van der Waals surface area contributed by atoms with Gasteiger partial charge in [0.25, 0.3) is 0 Å². The van der Waals surface area contributed by atoms with Crippen LogP contribution in [0.4, 0.5) is 0 Å². The van der Waals surface area contributed by atoms with Gasteiger partial charge >= 0.3 is 0 Å². The van der Waals surface area contributed by atoms with Crippen LogP contribution in [0.2, 0.25) is 0 Å². The molecule has 2 rings (SSSR count). The van der Waals surface area contributed by atoms with Gasteiger partial charge in [0.05, 0.1) is 13.4 Å². The SMILES string of the molecule is COc1ccc(OCC(O)CNCCn2ccnc2)cc1. The van der Waals surface area contributed by atoms with Crippen molar-refractivity contribution in [1.29, 1.82) is 0 Å². The first-order chi connectivity index (χ1) is 10.3. The molecule has 0 aliphatic heterocycles. The molecular weight excluding hydrogens is 270 g/mol. The third-order valence-corrected chi connectivity index (χ3v) is 2.99. The highest BCUT2D eigenvalue weighted by Gasteiger charge is 2.05. The second-order valence-electron chi connectivity index (χ2n) is 4.64. The monoisotopic (exact) mass is 291 g/mol. The Kier molecular flexibility index (Phi) is 6.05. The Morgan fingerprint density at radius 1 is 1.29 bits per heavy atom. The summed E-state index contributed by atoms with van der Waals surface area (Å²) in [7, 11) is 1.62. The maximum atomic E-state index is 9.84. The van der Waals surface area contributed by atoms with Crippen LogP contribution in [0.1, 0.15) is 0 Å². The average molecular weight is 291 g/mol. The van der Waals surface area contributed by atoms with Gasteiger partial charge in [0.15, 0.2) is 0 Å². The molecule has 2 N–H and O–H groups in total. The molecule has 0 aliphatic rings. The van der Waals surface area contributed by atoms with E-state index in [1.54, 1.807) is 19.6 Å². The van der Waals surface area contributed by atoms with E-state index in [0.717, 1.165) is 18.8 Å². The molecule has 0 fully saturated rings. The number of aliphatic hydroxyl groups is 1. The van der Waals surface area contributed by atoms with Crippen LogP contribution in [0.15, 0.2) is 43.0 Å². The van der Waals surface area contributed by atoms with E-state index in [0.29, 0.717) is 12.3 Å². The maximum absolute atomic E-state index is 9.84. The lowest BCUT2D eigenvalue weighted by atomic mass is 10.3. The summed E-state index contributed by atoms with van der Waals surface area (Å²) in [5, 5.41) is 13.0. The van der Waals surface area contributed by atoms with Crippen molar-refractivity contribution in [1.82, 2.24) is 14.9 Å². The van der Waals surface area contributed by atoms with Gasteiger partial charge in [-0.15, -0.1) is 0 Å². The molecule has 0 aliphatic carbocycles. The minimum Gasteiger partial charge on any atom is -0.497 e. The van der Waals surface area contributed by atoms with Crippen LogP contribution in [0.25, 0.3) is 0 Å². The summed E-state index contributed by atoms with van der Waals surface area (Å²) in [5.41, 5.74) is 0. The number of aliphatic hydroxyl groups excluding tert-OH is 1.